The maximum Gasteiger partial charge on any atom is 0.188 e. The van der Waals surface area contributed by atoms with Crippen LogP contribution in [0.2, 0.25) is 0 Å². The average Bonchev–Trinajstić information content (AvgIpc) is 2.42. The Morgan fingerprint density at radius 2 is 1.65 bits per heavy atom. The van der Waals surface area contributed by atoms with Crippen LogP contribution in [0.5, 0.6) is 0 Å². The van der Waals surface area contributed by atoms with Gasteiger partial charge in [0.1, 0.15) is 0 Å². The number of aliphatic hydroxyl groups is 2. The van der Waals surface area contributed by atoms with E-state index in [0.29, 0.717) is 17.6 Å². The van der Waals surface area contributed by atoms with Crippen molar-refractivity contribution in [1.29, 1.82) is 0 Å². The van der Waals surface area contributed by atoms with Crippen molar-refractivity contribution in [3.8, 4) is 11.8 Å². The van der Waals surface area contributed by atoms with Gasteiger partial charge in [-0.1, -0.05) is 12.0 Å². The lowest BCUT2D eigenvalue weighted by atomic mass is 9.83. The summed E-state index contributed by atoms with van der Waals surface area (Å²) in [5, 5.41) is 18.4. The Morgan fingerprint density at radius 3 is 2.15 bits per heavy atom. The van der Waals surface area contributed by atoms with Gasteiger partial charge in [0, 0.05) is 22.3 Å². The minimum absolute atomic E-state index is 0.00667. The first-order chi connectivity index (χ1) is 9.47. The first kappa shape index (κ1) is 16.1. The summed E-state index contributed by atoms with van der Waals surface area (Å²) in [5.74, 6) is 4.87. The van der Waals surface area contributed by atoms with E-state index >= 15 is 0 Å². The second-order valence-corrected chi connectivity index (χ2v) is 4.50. The molecule has 4 heteroatoms. The molecule has 0 heterocycles. The molecule has 0 atom stereocenters. The number of carbonyl (C=O) groups is 2. The van der Waals surface area contributed by atoms with Gasteiger partial charge >= 0.3 is 0 Å². The normalized spacial score (nSPS) is 16.6. The molecule has 0 bridgehead atoms. The van der Waals surface area contributed by atoms with E-state index in [-0.39, 0.29) is 22.7 Å². The Bertz CT molecular complexity index is 592. The van der Waals surface area contributed by atoms with Crippen LogP contribution in [0, 0.1) is 11.8 Å². The maximum atomic E-state index is 12.2. The fourth-order valence-electron chi connectivity index (χ4n) is 2.07. The van der Waals surface area contributed by atoms with Gasteiger partial charge in [0.25, 0.3) is 0 Å². The zero-order chi connectivity index (χ0) is 15.3. The van der Waals surface area contributed by atoms with Crippen LogP contribution in [0.3, 0.4) is 0 Å². The molecular formula is C16H18O4. The predicted octanol–water partition coefficient (Wildman–Crippen LogP) is 1.10. The number of hydrogen-bond donors (Lipinski definition) is 2. The Labute approximate surface area is 118 Å². The summed E-state index contributed by atoms with van der Waals surface area (Å²) in [5.41, 5.74) is 1.48. The van der Waals surface area contributed by atoms with Crippen molar-refractivity contribution in [1.82, 2.24) is 0 Å². The second-order valence-electron chi connectivity index (χ2n) is 4.50. The number of carbonyl (C=O) groups excluding carboxylic acids is 2. The maximum absolute atomic E-state index is 12.2. The fraction of sp³-hybridized carbons (Fsp3) is 0.375. The average molecular weight is 274 g/mol. The summed E-state index contributed by atoms with van der Waals surface area (Å²) in [7, 11) is 0. The zero-order valence-electron chi connectivity index (χ0n) is 11.9. The van der Waals surface area contributed by atoms with Gasteiger partial charge in [-0.25, -0.2) is 0 Å². The first-order valence-corrected chi connectivity index (χ1v) is 6.30. The Morgan fingerprint density at radius 1 is 1.10 bits per heavy atom. The van der Waals surface area contributed by atoms with Crippen LogP contribution in [0.1, 0.15) is 27.2 Å². The fourth-order valence-corrected chi connectivity index (χ4v) is 2.07. The highest BCUT2D eigenvalue weighted by molar-refractivity contribution is 6.25. The second kappa shape index (κ2) is 6.99. The Hall–Kier alpha value is -1.96. The molecule has 106 valence electrons. The predicted molar refractivity (Wildman–Crippen MR) is 75.7 cm³/mol. The summed E-state index contributed by atoms with van der Waals surface area (Å²) in [6.45, 7) is 4.02. The van der Waals surface area contributed by atoms with Crippen LogP contribution >= 0.6 is 0 Å². The smallest absolute Gasteiger partial charge is 0.188 e. The third-order valence-corrected chi connectivity index (χ3v) is 3.23. The largest absolute Gasteiger partial charge is 0.392 e. The number of rotatable bonds is 4. The summed E-state index contributed by atoms with van der Waals surface area (Å²) in [6, 6.07) is 0. The molecule has 0 saturated heterocycles. The monoisotopic (exact) mass is 274 g/mol. The van der Waals surface area contributed by atoms with Gasteiger partial charge < -0.3 is 10.2 Å². The van der Waals surface area contributed by atoms with Crippen molar-refractivity contribution in [2.75, 3.05) is 13.2 Å². The SMILES string of the molecule is CC#C/C(C)=C\CC1=C(C)C(=O)C(CO)=C(CO)C1=O. The molecule has 1 rings (SSSR count). The molecule has 4 nitrogen and oxygen atoms in total. The van der Waals surface area contributed by atoms with Crippen molar-refractivity contribution < 1.29 is 19.8 Å². The van der Waals surface area contributed by atoms with Crippen molar-refractivity contribution in [2.24, 2.45) is 0 Å². The molecule has 20 heavy (non-hydrogen) atoms. The van der Waals surface area contributed by atoms with Crippen molar-refractivity contribution in [3.05, 3.63) is 33.9 Å². The molecule has 1 aliphatic carbocycles. The highest BCUT2D eigenvalue weighted by Crippen LogP contribution is 2.26. The number of ketones is 2. The van der Waals surface area contributed by atoms with Crippen molar-refractivity contribution >= 4 is 11.6 Å². The highest BCUT2D eigenvalue weighted by Gasteiger charge is 2.30. The van der Waals surface area contributed by atoms with Gasteiger partial charge in [-0.3, -0.25) is 9.59 Å². The molecule has 0 fully saturated rings. The molecule has 0 saturated carbocycles. The first-order valence-electron chi connectivity index (χ1n) is 6.30. The molecular weight excluding hydrogens is 256 g/mol. The van der Waals surface area contributed by atoms with Crippen LogP contribution in [-0.4, -0.2) is 35.0 Å². The molecule has 0 radical (unpaired) electrons. The molecule has 0 aromatic heterocycles. The highest BCUT2D eigenvalue weighted by atomic mass is 16.3. The number of hydrogen-bond acceptors (Lipinski definition) is 4. The Kier molecular flexibility index (Phi) is 5.63. The molecule has 0 spiro atoms. The lowest BCUT2D eigenvalue weighted by Crippen LogP contribution is -2.26. The van der Waals surface area contributed by atoms with E-state index in [1.165, 1.54) is 0 Å². The van der Waals surface area contributed by atoms with Crippen molar-refractivity contribution in [2.45, 2.75) is 27.2 Å². The van der Waals surface area contributed by atoms with Gasteiger partial charge in [0.2, 0.25) is 0 Å². The molecule has 1 aliphatic rings. The number of allylic oxidation sites excluding steroid dienone is 4. The quantitative estimate of drug-likeness (QED) is 0.594. The lowest BCUT2D eigenvalue weighted by molar-refractivity contribution is -0.117. The van der Waals surface area contributed by atoms with E-state index in [1.54, 1.807) is 19.9 Å². The standard InChI is InChI=1S/C16H18O4/c1-4-5-10(2)6-7-12-11(3)15(19)13(8-17)14(9-18)16(12)20/h6,17-18H,7-9H2,1-3H3/b10-6-. The summed E-state index contributed by atoms with van der Waals surface area (Å²) in [4.78, 5) is 24.3. The van der Waals surface area contributed by atoms with Gasteiger partial charge in [0.05, 0.1) is 13.2 Å². The molecule has 0 aromatic carbocycles. The number of Topliss-reactive ketones (excluding diaryl/α,β-unsaturated/α-hetero) is 2. The lowest BCUT2D eigenvalue weighted by Gasteiger charge is -2.19. The molecule has 0 aromatic rings. The third kappa shape index (κ3) is 3.13. The third-order valence-electron chi connectivity index (χ3n) is 3.23. The zero-order valence-corrected chi connectivity index (χ0v) is 11.9. The van der Waals surface area contributed by atoms with Crippen LogP contribution in [0.4, 0.5) is 0 Å². The van der Waals surface area contributed by atoms with Crippen LogP contribution in [-0.2, 0) is 9.59 Å². The van der Waals surface area contributed by atoms with Crippen LogP contribution in [0.15, 0.2) is 33.9 Å². The van der Waals surface area contributed by atoms with Crippen molar-refractivity contribution in [3.63, 3.8) is 0 Å². The molecule has 0 amide bonds. The van der Waals surface area contributed by atoms with Gasteiger partial charge in [-0.15, -0.1) is 5.92 Å². The van der Waals surface area contributed by atoms with E-state index in [9.17, 15) is 19.8 Å². The van der Waals surface area contributed by atoms with Crippen LogP contribution in [0.25, 0.3) is 0 Å². The summed E-state index contributed by atoms with van der Waals surface area (Å²) >= 11 is 0. The number of aliphatic hydroxyl groups excluding tert-OH is 2. The molecule has 0 aliphatic heterocycles. The Balaban J connectivity index is 3.17. The summed E-state index contributed by atoms with van der Waals surface area (Å²) in [6.07, 6.45) is 2.07. The summed E-state index contributed by atoms with van der Waals surface area (Å²) < 4.78 is 0. The topological polar surface area (TPSA) is 74.6 Å². The minimum atomic E-state index is -0.547. The molecule has 0 unspecified atom stereocenters. The van der Waals surface area contributed by atoms with Crippen LogP contribution < -0.4 is 0 Å². The van der Waals surface area contributed by atoms with E-state index in [2.05, 4.69) is 11.8 Å². The van der Waals surface area contributed by atoms with Gasteiger partial charge in [0.15, 0.2) is 11.6 Å². The minimum Gasteiger partial charge on any atom is -0.392 e. The van der Waals surface area contributed by atoms with E-state index < -0.39 is 13.2 Å². The van der Waals surface area contributed by atoms with Gasteiger partial charge in [-0.05, 0) is 32.8 Å². The van der Waals surface area contributed by atoms with E-state index in [1.807, 2.05) is 6.92 Å². The van der Waals surface area contributed by atoms with Gasteiger partial charge in [-0.2, -0.15) is 0 Å². The van der Waals surface area contributed by atoms with E-state index in [0.717, 1.165) is 5.57 Å². The van der Waals surface area contributed by atoms with E-state index in [4.69, 9.17) is 0 Å². The molecule has 2 N–H and O–H groups in total.